The van der Waals surface area contributed by atoms with Crippen LogP contribution in [0.15, 0.2) is 24.0 Å². The Balaban J connectivity index is 2.73. The SMILES string of the molecule is C=CC(=N)C1=C(O)CC(CC(C)SCC)CC1=O. The molecular formula is C14H21NO2S. The molecule has 1 rings (SSSR count). The van der Waals surface area contributed by atoms with Crippen molar-refractivity contribution in [2.75, 3.05) is 5.75 Å². The van der Waals surface area contributed by atoms with Gasteiger partial charge in [-0.1, -0.05) is 20.4 Å². The second kappa shape index (κ2) is 6.78. The Labute approximate surface area is 113 Å². The molecule has 0 amide bonds. The third kappa shape index (κ3) is 3.73. The highest BCUT2D eigenvalue weighted by Gasteiger charge is 2.29. The second-order valence-electron chi connectivity index (χ2n) is 4.64. The van der Waals surface area contributed by atoms with E-state index in [4.69, 9.17) is 5.41 Å². The first-order valence-electron chi connectivity index (χ1n) is 6.27. The lowest BCUT2D eigenvalue weighted by atomic mass is 9.83. The standard InChI is InChI=1S/C14H21NO2S/c1-4-11(15)14-12(16)7-10(8-13(14)17)6-9(3)18-5-2/h4,9-10,15-16H,1,5-8H2,2-3H3. The number of aliphatic hydroxyl groups is 1. The fraction of sp³-hybridized carbons (Fsp3) is 0.571. The average Bonchev–Trinajstić information content (AvgIpc) is 2.27. The Morgan fingerprint density at radius 1 is 1.67 bits per heavy atom. The van der Waals surface area contributed by atoms with Crippen molar-refractivity contribution in [2.24, 2.45) is 5.92 Å². The number of hydrogen-bond donors (Lipinski definition) is 2. The minimum Gasteiger partial charge on any atom is -0.511 e. The van der Waals surface area contributed by atoms with E-state index in [1.54, 1.807) is 0 Å². The van der Waals surface area contributed by atoms with Crippen LogP contribution in [0, 0.1) is 11.3 Å². The van der Waals surface area contributed by atoms with Gasteiger partial charge in [0.2, 0.25) is 0 Å². The molecule has 0 fully saturated rings. The van der Waals surface area contributed by atoms with Gasteiger partial charge < -0.3 is 10.5 Å². The lowest BCUT2D eigenvalue weighted by Gasteiger charge is -2.25. The molecule has 2 unspecified atom stereocenters. The van der Waals surface area contributed by atoms with Crippen LogP contribution >= 0.6 is 11.8 Å². The van der Waals surface area contributed by atoms with Crippen LogP contribution in [0.3, 0.4) is 0 Å². The Morgan fingerprint density at radius 2 is 2.33 bits per heavy atom. The highest BCUT2D eigenvalue weighted by Crippen LogP contribution is 2.32. The summed E-state index contributed by atoms with van der Waals surface area (Å²) in [4.78, 5) is 11.9. The average molecular weight is 267 g/mol. The van der Waals surface area contributed by atoms with E-state index < -0.39 is 0 Å². The van der Waals surface area contributed by atoms with Gasteiger partial charge in [-0.25, -0.2) is 0 Å². The monoisotopic (exact) mass is 267 g/mol. The quantitative estimate of drug-likeness (QED) is 0.724. The molecule has 2 atom stereocenters. The maximum atomic E-state index is 11.9. The Kier molecular flexibility index (Phi) is 5.66. The second-order valence-corrected chi connectivity index (χ2v) is 6.35. The van der Waals surface area contributed by atoms with E-state index in [1.165, 1.54) is 6.08 Å². The highest BCUT2D eigenvalue weighted by atomic mass is 32.2. The van der Waals surface area contributed by atoms with E-state index in [0.29, 0.717) is 18.1 Å². The predicted octanol–water partition coefficient (Wildman–Crippen LogP) is 3.52. The number of ketones is 1. The summed E-state index contributed by atoms with van der Waals surface area (Å²) in [6.07, 6.45) is 3.18. The van der Waals surface area contributed by atoms with Gasteiger partial charge in [-0.05, 0) is 24.2 Å². The van der Waals surface area contributed by atoms with E-state index in [0.717, 1.165) is 12.2 Å². The summed E-state index contributed by atoms with van der Waals surface area (Å²) in [5.41, 5.74) is 0.198. The zero-order chi connectivity index (χ0) is 13.7. The Hall–Kier alpha value is -1.03. The van der Waals surface area contributed by atoms with Gasteiger partial charge in [0.05, 0.1) is 11.3 Å². The van der Waals surface area contributed by atoms with Crippen LogP contribution < -0.4 is 0 Å². The summed E-state index contributed by atoms with van der Waals surface area (Å²) in [5, 5.41) is 18.0. The third-order valence-corrected chi connectivity index (χ3v) is 4.21. The summed E-state index contributed by atoms with van der Waals surface area (Å²) in [7, 11) is 0. The van der Waals surface area contributed by atoms with Crippen LogP contribution in [0.5, 0.6) is 0 Å². The maximum Gasteiger partial charge on any atom is 0.168 e. The van der Waals surface area contributed by atoms with Crippen molar-refractivity contribution in [3.8, 4) is 0 Å². The van der Waals surface area contributed by atoms with Crippen molar-refractivity contribution in [3.63, 3.8) is 0 Å². The maximum absolute atomic E-state index is 11.9. The molecule has 0 radical (unpaired) electrons. The van der Waals surface area contributed by atoms with Gasteiger partial charge in [0.25, 0.3) is 0 Å². The molecule has 2 N–H and O–H groups in total. The van der Waals surface area contributed by atoms with Gasteiger partial charge in [-0.3, -0.25) is 4.79 Å². The molecule has 0 spiro atoms. The normalized spacial score (nSPS) is 21.9. The topological polar surface area (TPSA) is 61.1 Å². The van der Waals surface area contributed by atoms with E-state index >= 15 is 0 Å². The van der Waals surface area contributed by atoms with E-state index in [-0.39, 0.29) is 28.7 Å². The fourth-order valence-electron chi connectivity index (χ4n) is 2.37. The molecule has 1 aliphatic rings. The molecule has 0 aromatic rings. The molecule has 0 saturated carbocycles. The first-order chi connectivity index (χ1) is 8.49. The fourth-order valence-corrected chi connectivity index (χ4v) is 3.35. The molecule has 3 nitrogen and oxygen atoms in total. The number of hydrogen-bond acceptors (Lipinski definition) is 4. The van der Waals surface area contributed by atoms with Crippen molar-refractivity contribution in [2.45, 2.75) is 38.4 Å². The largest absolute Gasteiger partial charge is 0.511 e. The molecule has 0 aromatic carbocycles. The number of carbonyl (C=O) groups is 1. The highest BCUT2D eigenvalue weighted by molar-refractivity contribution is 7.99. The van der Waals surface area contributed by atoms with E-state index in [2.05, 4.69) is 20.4 Å². The van der Waals surface area contributed by atoms with Crippen LogP contribution in [0.1, 0.15) is 33.1 Å². The molecular weight excluding hydrogens is 246 g/mol. The summed E-state index contributed by atoms with van der Waals surface area (Å²) in [6.45, 7) is 7.74. The van der Waals surface area contributed by atoms with Crippen molar-refractivity contribution >= 4 is 23.3 Å². The minimum absolute atomic E-state index is 0.0342. The van der Waals surface area contributed by atoms with Crippen molar-refractivity contribution < 1.29 is 9.90 Å². The summed E-state index contributed by atoms with van der Waals surface area (Å²) < 4.78 is 0. The van der Waals surface area contributed by atoms with Crippen molar-refractivity contribution in [3.05, 3.63) is 24.0 Å². The molecule has 0 aliphatic heterocycles. The van der Waals surface area contributed by atoms with Gasteiger partial charge >= 0.3 is 0 Å². The van der Waals surface area contributed by atoms with Gasteiger partial charge in [-0.2, -0.15) is 11.8 Å². The van der Waals surface area contributed by atoms with Crippen LogP contribution in [-0.2, 0) is 4.79 Å². The van der Waals surface area contributed by atoms with Gasteiger partial charge in [-0.15, -0.1) is 0 Å². The van der Waals surface area contributed by atoms with Crippen LogP contribution in [0.4, 0.5) is 0 Å². The summed E-state index contributed by atoms with van der Waals surface area (Å²) >= 11 is 1.87. The number of thioether (sulfide) groups is 1. The number of Topliss-reactive ketones (excluding diaryl/α,β-unsaturated/α-hetero) is 1. The zero-order valence-electron chi connectivity index (χ0n) is 11.0. The number of aliphatic hydroxyl groups excluding tert-OH is 1. The van der Waals surface area contributed by atoms with Gasteiger partial charge in [0.1, 0.15) is 5.76 Å². The lowest BCUT2D eigenvalue weighted by Crippen LogP contribution is -2.25. The molecule has 18 heavy (non-hydrogen) atoms. The summed E-state index contributed by atoms with van der Waals surface area (Å²) in [6, 6.07) is 0. The summed E-state index contributed by atoms with van der Waals surface area (Å²) in [5.74, 6) is 1.21. The third-order valence-electron chi connectivity index (χ3n) is 3.11. The lowest BCUT2D eigenvalue weighted by molar-refractivity contribution is -0.116. The van der Waals surface area contributed by atoms with E-state index in [1.807, 2.05) is 11.8 Å². The van der Waals surface area contributed by atoms with Crippen LogP contribution in [0.2, 0.25) is 0 Å². The smallest absolute Gasteiger partial charge is 0.168 e. The first kappa shape index (κ1) is 15.0. The molecule has 100 valence electrons. The van der Waals surface area contributed by atoms with Gasteiger partial charge in [0.15, 0.2) is 5.78 Å². The van der Waals surface area contributed by atoms with Gasteiger partial charge in [0, 0.05) is 18.1 Å². The number of nitrogens with one attached hydrogen (secondary N) is 1. The molecule has 0 aromatic heterocycles. The Morgan fingerprint density at radius 3 is 2.83 bits per heavy atom. The molecule has 0 bridgehead atoms. The molecule has 0 saturated heterocycles. The molecule has 4 heteroatoms. The predicted molar refractivity (Wildman–Crippen MR) is 77.5 cm³/mol. The number of rotatable bonds is 6. The minimum atomic E-state index is -0.123. The van der Waals surface area contributed by atoms with Crippen LogP contribution in [-0.4, -0.2) is 27.6 Å². The zero-order valence-corrected chi connectivity index (χ0v) is 11.8. The van der Waals surface area contributed by atoms with Crippen molar-refractivity contribution in [1.29, 1.82) is 5.41 Å². The number of allylic oxidation sites excluding steroid dienone is 3. The van der Waals surface area contributed by atoms with Crippen LogP contribution in [0.25, 0.3) is 0 Å². The van der Waals surface area contributed by atoms with Crippen molar-refractivity contribution in [1.82, 2.24) is 0 Å². The number of carbonyl (C=O) groups excluding carboxylic acids is 1. The molecule has 1 aliphatic carbocycles. The Bertz CT molecular complexity index is 387. The van der Waals surface area contributed by atoms with E-state index in [9.17, 15) is 9.90 Å². The first-order valence-corrected chi connectivity index (χ1v) is 7.32. The molecule has 0 heterocycles.